The summed E-state index contributed by atoms with van der Waals surface area (Å²) in [7, 11) is 0. The summed E-state index contributed by atoms with van der Waals surface area (Å²) >= 11 is 0. The normalized spacial score (nSPS) is 55.2. The van der Waals surface area contributed by atoms with Crippen molar-refractivity contribution in [2.75, 3.05) is 13.1 Å². The third-order valence-electron chi connectivity index (χ3n) is 9.37. The average molecular weight is 325 g/mol. The van der Waals surface area contributed by atoms with E-state index in [0.717, 1.165) is 50.8 Å². The third kappa shape index (κ3) is 1.23. The first-order valence-corrected chi connectivity index (χ1v) is 10.0. The van der Waals surface area contributed by atoms with Gasteiger partial charge in [-0.2, -0.15) is 0 Å². The van der Waals surface area contributed by atoms with E-state index in [0.29, 0.717) is 41.8 Å². The molecule has 0 aromatic carbocycles. The predicted molar refractivity (Wildman–Crippen MR) is 90.3 cm³/mol. The predicted octanol–water partition coefficient (Wildman–Crippen LogP) is 2.99. The molecule has 2 bridgehead atoms. The van der Waals surface area contributed by atoms with Crippen LogP contribution in [-0.4, -0.2) is 35.6 Å². The van der Waals surface area contributed by atoms with Gasteiger partial charge < -0.3 is 0 Å². The number of allylic oxidation sites excluding steroid dienone is 2. The van der Waals surface area contributed by atoms with E-state index in [-0.39, 0.29) is 16.7 Å². The summed E-state index contributed by atoms with van der Waals surface area (Å²) in [5, 5.41) is 0. The summed E-state index contributed by atoms with van der Waals surface area (Å²) < 4.78 is 0. The van der Waals surface area contributed by atoms with E-state index in [9.17, 15) is 9.59 Å². The van der Waals surface area contributed by atoms with Gasteiger partial charge in [0.15, 0.2) is 5.78 Å². The molecule has 2 saturated heterocycles. The van der Waals surface area contributed by atoms with Gasteiger partial charge in [-0.3, -0.25) is 14.5 Å². The number of carbonyl (C=O) groups is 2. The molecule has 2 saturated carbocycles. The van der Waals surface area contributed by atoms with Gasteiger partial charge in [-0.1, -0.05) is 13.8 Å². The summed E-state index contributed by atoms with van der Waals surface area (Å²) in [5.74, 6) is 2.64. The second kappa shape index (κ2) is 4.06. The van der Waals surface area contributed by atoms with Crippen molar-refractivity contribution in [3.63, 3.8) is 0 Å². The zero-order valence-electron chi connectivity index (χ0n) is 14.8. The Labute approximate surface area is 143 Å². The topological polar surface area (TPSA) is 37.4 Å². The van der Waals surface area contributed by atoms with Crippen LogP contribution in [0.15, 0.2) is 11.1 Å². The molecule has 0 N–H and O–H groups in total. The van der Waals surface area contributed by atoms with Crippen LogP contribution in [0.1, 0.15) is 52.4 Å². The van der Waals surface area contributed by atoms with Gasteiger partial charge in [0.1, 0.15) is 5.78 Å². The third-order valence-corrected chi connectivity index (χ3v) is 9.37. The van der Waals surface area contributed by atoms with Gasteiger partial charge in [0.05, 0.1) is 5.41 Å². The molecule has 0 radical (unpaired) electrons. The Hall–Kier alpha value is -0.960. The van der Waals surface area contributed by atoms with Crippen molar-refractivity contribution < 1.29 is 9.59 Å². The minimum atomic E-state index is -0.280. The molecule has 3 nitrogen and oxygen atoms in total. The van der Waals surface area contributed by atoms with Crippen LogP contribution in [0.3, 0.4) is 0 Å². The minimum Gasteiger partial charge on any atom is -0.299 e. The number of rotatable bonds is 0. The van der Waals surface area contributed by atoms with Crippen LogP contribution in [0.5, 0.6) is 0 Å². The van der Waals surface area contributed by atoms with Crippen LogP contribution in [-0.2, 0) is 9.59 Å². The Bertz CT molecular complexity index is 723. The first-order chi connectivity index (χ1) is 11.5. The summed E-state index contributed by atoms with van der Waals surface area (Å²) in [6.07, 6.45) is 5.95. The van der Waals surface area contributed by atoms with Crippen molar-refractivity contribution in [2.24, 2.45) is 34.5 Å². The highest BCUT2D eigenvalue weighted by Crippen LogP contribution is 2.73. The molecule has 0 unspecified atom stereocenters. The Kier molecular flexibility index (Phi) is 2.41. The molecule has 2 heterocycles. The van der Waals surface area contributed by atoms with Gasteiger partial charge in [0, 0.05) is 36.9 Å². The summed E-state index contributed by atoms with van der Waals surface area (Å²) in [6.45, 7) is 7.01. The van der Waals surface area contributed by atoms with Crippen molar-refractivity contribution in [1.82, 2.24) is 4.90 Å². The highest BCUT2D eigenvalue weighted by molar-refractivity contribution is 6.04. The minimum absolute atomic E-state index is 0.0805. The fourth-order valence-electron chi connectivity index (χ4n) is 8.42. The molecule has 4 aliphatic carbocycles. The largest absolute Gasteiger partial charge is 0.299 e. The van der Waals surface area contributed by atoms with Crippen LogP contribution in [0.25, 0.3) is 0 Å². The highest BCUT2D eigenvalue weighted by atomic mass is 16.1. The van der Waals surface area contributed by atoms with E-state index in [1.807, 2.05) is 0 Å². The molecule has 2 aliphatic heterocycles. The number of hydrogen-bond acceptors (Lipinski definition) is 3. The van der Waals surface area contributed by atoms with Gasteiger partial charge in [0.25, 0.3) is 0 Å². The Morgan fingerprint density at radius 1 is 1.17 bits per heavy atom. The zero-order chi connectivity index (χ0) is 16.4. The Morgan fingerprint density at radius 2 is 2.00 bits per heavy atom. The molecule has 7 atom stereocenters. The van der Waals surface area contributed by atoms with Crippen LogP contribution < -0.4 is 0 Å². The standard InChI is InChI=1S/C21H27NO2/c1-11-9-22-10-13-3-4-14-16(23)7-12-5-6-21(18(12)14)19(24)15(11)8-17(22)20(13,21)2/h11-13,15,17H,3-10H2,1-2H3/t11-,12+,13-,15-,17-,20-,21+/m1/s1. The van der Waals surface area contributed by atoms with E-state index in [1.54, 1.807) is 0 Å². The molecule has 0 aromatic rings. The fourth-order valence-corrected chi connectivity index (χ4v) is 8.42. The fraction of sp³-hybridized carbons (Fsp3) is 0.810. The van der Waals surface area contributed by atoms with Crippen LogP contribution >= 0.6 is 0 Å². The number of nitrogens with zero attached hydrogens (tertiary/aromatic N) is 1. The lowest BCUT2D eigenvalue weighted by atomic mass is 9.45. The molecule has 3 heteroatoms. The monoisotopic (exact) mass is 325 g/mol. The van der Waals surface area contributed by atoms with Gasteiger partial charge in [-0.05, 0) is 61.0 Å². The summed E-state index contributed by atoms with van der Waals surface area (Å²) in [5.41, 5.74) is 2.28. The van der Waals surface area contributed by atoms with Crippen molar-refractivity contribution in [3.05, 3.63) is 11.1 Å². The van der Waals surface area contributed by atoms with Gasteiger partial charge in [-0.25, -0.2) is 0 Å². The maximum absolute atomic E-state index is 14.0. The maximum atomic E-state index is 14.0. The van der Waals surface area contributed by atoms with Gasteiger partial charge in [-0.15, -0.1) is 0 Å². The molecule has 128 valence electrons. The molecule has 0 amide bonds. The van der Waals surface area contributed by atoms with Crippen molar-refractivity contribution in [2.45, 2.75) is 58.4 Å². The zero-order valence-corrected chi connectivity index (χ0v) is 14.8. The van der Waals surface area contributed by atoms with Crippen LogP contribution in [0.2, 0.25) is 0 Å². The first-order valence-electron chi connectivity index (χ1n) is 10.0. The second-order valence-electron chi connectivity index (χ2n) is 9.83. The molecule has 24 heavy (non-hydrogen) atoms. The van der Waals surface area contributed by atoms with E-state index in [4.69, 9.17) is 0 Å². The molecule has 4 fully saturated rings. The first kappa shape index (κ1) is 14.2. The molecule has 6 rings (SSSR count). The van der Waals surface area contributed by atoms with E-state index < -0.39 is 0 Å². The quantitative estimate of drug-likeness (QED) is 0.687. The van der Waals surface area contributed by atoms with E-state index in [1.165, 1.54) is 5.57 Å². The number of carbonyl (C=O) groups excluding carboxylic acids is 2. The molecule has 6 aliphatic rings. The Balaban J connectivity index is 1.67. The molecular weight excluding hydrogens is 298 g/mol. The smallest absolute Gasteiger partial charge is 0.159 e. The summed E-state index contributed by atoms with van der Waals surface area (Å²) in [6, 6.07) is 0.572. The second-order valence-corrected chi connectivity index (χ2v) is 9.83. The SMILES string of the molecule is C[C@@H]1CN2C[C@H]3CCC4=C5[C@@H](CC[C@@]56C(=O)[C@@H]1C[C@@H]2[C@@]36C)CC4=O. The van der Waals surface area contributed by atoms with Crippen LogP contribution in [0, 0.1) is 34.5 Å². The number of Topliss-reactive ketones (excluding diaryl/α,β-unsaturated/α-hetero) is 2. The lowest BCUT2D eigenvalue weighted by molar-refractivity contribution is -0.156. The number of ketones is 2. The van der Waals surface area contributed by atoms with Crippen molar-refractivity contribution >= 4 is 11.6 Å². The molecule has 0 aromatic heterocycles. The lowest BCUT2D eigenvalue weighted by Crippen LogP contribution is -2.64. The maximum Gasteiger partial charge on any atom is 0.159 e. The van der Waals surface area contributed by atoms with Gasteiger partial charge >= 0.3 is 0 Å². The summed E-state index contributed by atoms with van der Waals surface area (Å²) in [4.78, 5) is 29.4. The molecule has 1 spiro atoms. The van der Waals surface area contributed by atoms with Crippen molar-refractivity contribution in [3.8, 4) is 0 Å². The Morgan fingerprint density at radius 3 is 2.83 bits per heavy atom. The van der Waals surface area contributed by atoms with Crippen LogP contribution in [0.4, 0.5) is 0 Å². The van der Waals surface area contributed by atoms with E-state index in [2.05, 4.69) is 18.7 Å². The van der Waals surface area contributed by atoms with Gasteiger partial charge in [0.2, 0.25) is 0 Å². The average Bonchev–Trinajstić information content (AvgIpc) is 3.12. The number of hydrogen-bond donors (Lipinski definition) is 0. The number of piperidine rings is 1. The molecular formula is C21H27NO2. The lowest BCUT2D eigenvalue weighted by Gasteiger charge is -2.59. The van der Waals surface area contributed by atoms with E-state index >= 15 is 0 Å². The highest BCUT2D eigenvalue weighted by Gasteiger charge is 2.74. The number of fused-ring (bicyclic) bond motifs is 1. The van der Waals surface area contributed by atoms with Crippen molar-refractivity contribution in [1.29, 1.82) is 0 Å².